The number of carbonyl (C=O) groups is 1. The van der Waals surface area contributed by atoms with Gasteiger partial charge in [0.15, 0.2) is 0 Å². The van der Waals surface area contributed by atoms with Crippen molar-refractivity contribution in [3.05, 3.63) is 28.8 Å². The molecule has 0 heterocycles. The third-order valence-corrected chi connectivity index (χ3v) is 4.00. The fraction of sp³-hybridized carbons (Fsp3) is 0.562. The maximum absolute atomic E-state index is 12.0. The van der Waals surface area contributed by atoms with Crippen LogP contribution in [0, 0.1) is 12.8 Å². The molecule has 4 heteroatoms. The van der Waals surface area contributed by atoms with Crippen LogP contribution in [-0.4, -0.2) is 12.5 Å². The van der Waals surface area contributed by atoms with E-state index in [1.54, 1.807) is 0 Å². The van der Waals surface area contributed by atoms with Crippen molar-refractivity contribution >= 4 is 23.2 Å². The first-order valence-corrected chi connectivity index (χ1v) is 7.71. The summed E-state index contributed by atoms with van der Waals surface area (Å²) in [5.74, 6) is 0.602. The number of carbonyl (C=O) groups excluding carboxylic acids is 1. The van der Waals surface area contributed by atoms with Crippen LogP contribution in [0.2, 0.25) is 5.02 Å². The average molecular weight is 297 g/mol. The molecule has 1 aromatic carbocycles. The summed E-state index contributed by atoms with van der Waals surface area (Å²) < 4.78 is 0. The molecule has 0 saturated carbocycles. The lowest BCUT2D eigenvalue weighted by Crippen LogP contribution is -2.16. The van der Waals surface area contributed by atoms with Crippen molar-refractivity contribution in [1.82, 2.24) is 0 Å². The van der Waals surface area contributed by atoms with Gasteiger partial charge in [0.2, 0.25) is 5.91 Å². The molecular formula is C16H25ClN2O. The zero-order chi connectivity index (χ0) is 15.0. The van der Waals surface area contributed by atoms with E-state index in [0.29, 0.717) is 23.9 Å². The Morgan fingerprint density at radius 2 is 2.10 bits per heavy atom. The Kier molecular flexibility index (Phi) is 7.63. The highest BCUT2D eigenvalue weighted by atomic mass is 35.5. The van der Waals surface area contributed by atoms with Gasteiger partial charge in [-0.15, -0.1) is 0 Å². The Hall–Kier alpha value is -1.06. The second-order valence-corrected chi connectivity index (χ2v) is 5.64. The molecule has 1 aromatic rings. The van der Waals surface area contributed by atoms with Crippen molar-refractivity contribution in [1.29, 1.82) is 0 Å². The molecule has 0 spiro atoms. The Balaban J connectivity index is 2.48. The van der Waals surface area contributed by atoms with Crippen molar-refractivity contribution in [2.24, 2.45) is 11.7 Å². The van der Waals surface area contributed by atoms with Crippen LogP contribution in [0.1, 0.15) is 44.6 Å². The summed E-state index contributed by atoms with van der Waals surface area (Å²) in [5, 5.41) is 3.61. The zero-order valence-corrected chi connectivity index (χ0v) is 13.2. The van der Waals surface area contributed by atoms with Gasteiger partial charge in [0.25, 0.3) is 0 Å². The minimum absolute atomic E-state index is 0.0495. The summed E-state index contributed by atoms with van der Waals surface area (Å²) in [6, 6.07) is 5.55. The van der Waals surface area contributed by atoms with E-state index in [2.05, 4.69) is 12.2 Å². The van der Waals surface area contributed by atoms with Gasteiger partial charge in [0.05, 0.1) is 0 Å². The van der Waals surface area contributed by atoms with E-state index >= 15 is 0 Å². The minimum Gasteiger partial charge on any atom is -0.330 e. The van der Waals surface area contributed by atoms with Gasteiger partial charge in [-0.2, -0.15) is 0 Å². The molecule has 0 aliphatic rings. The highest BCUT2D eigenvalue weighted by molar-refractivity contribution is 6.31. The van der Waals surface area contributed by atoms with Gasteiger partial charge in [0, 0.05) is 17.1 Å². The lowest BCUT2D eigenvalue weighted by molar-refractivity contribution is -0.116. The number of benzene rings is 1. The molecule has 1 rings (SSSR count). The molecule has 20 heavy (non-hydrogen) atoms. The number of hydrogen-bond donors (Lipinski definition) is 2. The van der Waals surface area contributed by atoms with E-state index in [-0.39, 0.29) is 5.91 Å². The van der Waals surface area contributed by atoms with Crippen LogP contribution >= 0.6 is 11.6 Å². The van der Waals surface area contributed by atoms with E-state index in [9.17, 15) is 4.79 Å². The number of rotatable bonds is 8. The predicted molar refractivity (Wildman–Crippen MR) is 86.1 cm³/mol. The first-order valence-electron chi connectivity index (χ1n) is 7.33. The highest BCUT2D eigenvalue weighted by Crippen LogP contribution is 2.23. The van der Waals surface area contributed by atoms with Gasteiger partial charge >= 0.3 is 0 Å². The van der Waals surface area contributed by atoms with Crippen molar-refractivity contribution in [2.75, 3.05) is 11.9 Å². The van der Waals surface area contributed by atoms with Crippen LogP contribution in [0.5, 0.6) is 0 Å². The lowest BCUT2D eigenvalue weighted by Gasteiger charge is -2.15. The van der Waals surface area contributed by atoms with E-state index in [4.69, 9.17) is 17.3 Å². The third-order valence-electron chi connectivity index (χ3n) is 3.59. The normalized spacial score (nSPS) is 12.2. The predicted octanol–water partition coefficient (Wildman–Crippen LogP) is 4.13. The molecule has 0 aromatic heterocycles. The monoisotopic (exact) mass is 296 g/mol. The van der Waals surface area contributed by atoms with Gasteiger partial charge in [-0.3, -0.25) is 4.79 Å². The number of amides is 1. The Morgan fingerprint density at radius 3 is 2.75 bits per heavy atom. The highest BCUT2D eigenvalue weighted by Gasteiger charge is 2.11. The van der Waals surface area contributed by atoms with Crippen LogP contribution < -0.4 is 11.1 Å². The summed E-state index contributed by atoms with van der Waals surface area (Å²) in [6.07, 6.45) is 4.71. The van der Waals surface area contributed by atoms with E-state index in [1.807, 2.05) is 25.1 Å². The van der Waals surface area contributed by atoms with Crippen molar-refractivity contribution in [2.45, 2.75) is 46.0 Å². The van der Waals surface area contributed by atoms with Crippen molar-refractivity contribution in [3.63, 3.8) is 0 Å². The minimum atomic E-state index is 0.0495. The molecule has 1 amide bonds. The zero-order valence-electron chi connectivity index (χ0n) is 12.4. The molecular weight excluding hydrogens is 272 g/mol. The van der Waals surface area contributed by atoms with E-state index in [1.165, 1.54) is 0 Å². The molecule has 3 nitrogen and oxygen atoms in total. The molecule has 0 fully saturated rings. The van der Waals surface area contributed by atoms with Crippen molar-refractivity contribution in [3.8, 4) is 0 Å². The molecule has 0 radical (unpaired) electrons. The molecule has 112 valence electrons. The van der Waals surface area contributed by atoms with Crippen LogP contribution in [0.4, 0.5) is 5.69 Å². The van der Waals surface area contributed by atoms with Crippen LogP contribution in [-0.2, 0) is 4.79 Å². The fourth-order valence-electron chi connectivity index (χ4n) is 2.37. The van der Waals surface area contributed by atoms with Gasteiger partial charge in [-0.25, -0.2) is 0 Å². The smallest absolute Gasteiger partial charge is 0.224 e. The lowest BCUT2D eigenvalue weighted by atomic mass is 9.94. The summed E-state index contributed by atoms with van der Waals surface area (Å²) in [4.78, 5) is 12.0. The third kappa shape index (κ3) is 5.51. The largest absolute Gasteiger partial charge is 0.330 e. The number of anilines is 1. The maximum Gasteiger partial charge on any atom is 0.224 e. The van der Waals surface area contributed by atoms with Crippen LogP contribution in [0.3, 0.4) is 0 Å². The first kappa shape index (κ1) is 17.0. The van der Waals surface area contributed by atoms with E-state index < -0.39 is 0 Å². The first-order chi connectivity index (χ1) is 9.58. The molecule has 1 atom stereocenters. The average Bonchev–Trinajstić information content (AvgIpc) is 2.42. The molecule has 0 saturated heterocycles. The summed E-state index contributed by atoms with van der Waals surface area (Å²) in [7, 11) is 0. The molecule has 3 N–H and O–H groups in total. The second kappa shape index (κ2) is 8.98. The van der Waals surface area contributed by atoms with Gasteiger partial charge in [-0.05, 0) is 49.9 Å². The van der Waals surface area contributed by atoms with Gasteiger partial charge < -0.3 is 11.1 Å². The molecule has 0 aliphatic carbocycles. The summed E-state index contributed by atoms with van der Waals surface area (Å²) in [5.41, 5.74) is 7.32. The number of nitrogens with two attached hydrogens (primary N) is 1. The summed E-state index contributed by atoms with van der Waals surface area (Å²) in [6.45, 7) is 4.77. The standard InChI is InChI=1S/C16H25ClN2O/c1-3-5-13(10-11-18)8-9-16(20)19-15-7-4-6-14(17)12(15)2/h4,6-7,13H,3,5,8-11,18H2,1-2H3,(H,19,20). The van der Waals surface area contributed by atoms with Crippen molar-refractivity contribution < 1.29 is 4.79 Å². The van der Waals surface area contributed by atoms with Crippen LogP contribution in [0.25, 0.3) is 0 Å². The number of halogens is 1. The summed E-state index contributed by atoms with van der Waals surface area (Å²) >= 11 is 6.04. The van der Waals surface area contributed by atoms with E-state index in [0.717, 1.165) is 36.9 Å². The molecule has 1 unspecified atom stereocenters. The van der Waals surface area contributed by atoms with Gasteiger partial charge in [-0.1, -0.05) is 37.4 Å². The Morgan fingerprint density at radius 1 is 1.35 bits per heavy atom. The molecule has 0 aliphatic heterocycles. The van der Waals surface area contributed by atoms with Crippen LogP contribution in [0.15, 0.2) is 18.2 Å². The number of hydrogen-bond acceptors (Lipinski definition) is 2. The Labute approximate surface area is 126 Å². The quantitative estimate of drug-likeness (QED) is 0.758. The second-order valence-electron chi connectivity index (χ2n) is 5.23. The topological polar surface area (TPSA) is 55.1 Å². The fourth-order valence-corrected chi connectivity index (χ4v) is 2.54. The number of nitrogens with one attached hydrogen (secondary N) is 1. The molecule has 0 bridgehead atoms. The maximum atomic E-state index is 12.0. The Bertz CT molecular complexity index is 428. The van der Waals surface area contributed by atoms with Gasteiger partial charge in [0.1, 0.15) is 0 Å². The SMILES string of the molecule is CCCC(CCN)CCC(=O)Nc1cccc(Cl)c1C.